The largest absolute Gasteiger partial charge is 0.371 e. The molecule has 144 valence electrons. The van der Waals surface area contributed by atoms with E-state index in [-0.39, 0.29) is 11.6 Å². The van der Waals surface area contributed by atoms with Crippen LogP contribution in [-0.4, -0.2) is 27.6 Å². The van der Waals surface area contributed by atoms with Gasteiger partial charge >= 0.3 is 0 Å². The molecule has 6 heteroatoms. The van der Waals surface area contributed by atoms with E-state index in [9.17, 15) is 4.79 Å². The first-order valence-electron chi connectivity index (χ1n) is 10.3. The van der Waals surface area contributed by atoms with E-state index in [2.05, 4.69) is 29.8 Å². The van der Waals surface area contributed by atoms with E-state index in [1.807, 2.05) is 10.8 Å². The fourth-order valence-electron chi connectivity index (χ4n) is 4.19. The quantitative estimate of drug-likeness (QED) is 0.590. The van der Waals surface area contributed by atoms with Crippen LogP contribution in [0.3, 0.4) is 0 Å². The maximum Gasteiger partial charge on any atom is 0.271 e. The Bertz CT molecular complexity index is 987. The molecule has 0 amide bonds. The van der Waals surface area contributed by atoms with Gasteiger partial charge < -0.3 is 4.90 Å². The summed E-state index contributed by atoms with van der Waals surface area (Å²) in [7, 11) is 0. The summed E-state index contributed by atoms with van der Waals surface area (Å²) >= 11 is 1.50. The highest BCUT2D eigenvalue weighted by Gasteiger charge is 2.21. The number of aromatic nitrogens is 3. The summed E-state index contributed by atoms with van der Waals surface area (Å²) in [6, 6.07) is 2.32. The first-order chi connectivity index (χ1) is 13.2. The number of rotatable bonds is 6. The number of piperidine rings is 1. The summed E-state index contributed by atoms with van der Waals surface area (Å²) in [5, 5.41) is 1.06. The number of fused-ring (bicyclic) bond motifs is 3. The molecule has 1 aliphatic rings. The molecule has 3 aromatic rings. The van der Waals surface area contributed by atoms with Crippen molar-refractivity contribution in [2.24, 2.45) is 0 Å². The smallest absolute Gasteiger partial charge is 0.271 e. The fourth-order valence-corrected chi connectivity index (χ4v) is 5.24. The number of nitrogens with zero attached hydrogens (tertiary/aromatic N) is 4. The molecule has 0 bridgehead atoms. The van der Waals surface area contributed by atoms with Gasteiger partial charge in [-0.3, -0.25) is 9.36 Å². The minimum Gasteiger partial charge on any atom is -0.371 e. The first-order valence-corrected chi connectivity index (χ1v) is 11.1. The van der Waals surface area contributed by atoms with Crippen molar-refractivity contribution in [1.82, 2.24) is 14.5 Å². The Kier molecular flexibility index (Phi) is 5.43. The maximum atomic E-state index is 13.2. The normalized spacial score (nSPS) is 16.3. The monoisotopic (exact) mass is 384 g/mol. The second-order valence-corrected chi connectivity index (χ2v) is 8.50. The van der Waals surface area contributed by atoms with Crippen LogP contribution in [0.5, 0.6) is 0 Å². The molecule has 0 N–H and O–H groups in total. The zero-order valence-corrected chi connectivity index (χ0v) is 17.1. The zero-order valence-electron chi connectivity index (χ0n) is 16.3. The molecule has 0 spiro atoms. The summed E-state index contributed by atoms with van der Waals surface area (Å²) in [4.78, 5) is 25.9. The van der Waals surface area contributed by atoms with Gasteiger partial charge in [0.05, 0.1) is 22.9 Å². The molecule has 1 saturated heterocycles. The molecule has 3 aromatic heterocycles. The van der Waals surface area contributed by atoms with Gasteiger partial charge in [-0.25, -0.2) is 9.97 Å². The predicted molar refractivity (Wildman–Crippen MR) is 114 cm³/mol. The van der Waals surface area contributed by atoms with Crippen LogP contribution >= 0.6 is 11.3 Å². The summed E-state index contributed by atoms with van der Waals surface area (Å²) in [5.41, 5.74) is 2.11. The number of hydrogen-bond acceptors (Lipinski definition) is 5. The van der Waals surface area contributed by atoms with Crippen molar-refractivity contribution in [1.29, 1.82) is 0 Å². The molecule has 0 aromatic carbocycles. The van der Waals surface area contributed by atoms with E-state index in [1.165, 1.54) is 36.3 Å². The van der Waals surface area contributed by atoms with Gasteiger partial charge in [0.25, 0.3) is 5.56 Å². The van der Waals surface area contributed by atoms with Gasteiger partial charge in [0, 0.05) is 25.3 Å². The third-order valence-electron chi connectivity index (χ3n) is 5.74. The van der Waals surface area contributed by atoms with Crippen LogP contribution in [0, 0.1) is 0 Å². The van der Waals surface area contributed by atoms with Gasteiger partial charge in [-0.1, -0.05) is 26.7 Å². The van der Waals surface area contributed by atoms with Crippen LogP contribution in [0.1, 0.15) is 64.8 Å². The highest BCUT2D eigenvalue weighted by Crippen LogP contribution is 2.37. The lowest BCUT2D eigenvalue weighted by Crippen LogP contribution is -2.29. The standard InChI is InChI=1S/C21H28N4OS/c1-3-5-9-15(4-2)25-14-23-18-17-16(24-12-7-6-8-13-24)10-11-22-20(17)27-19(18)21(25)26/h10-11,14-15H,3-9,12-13H2,1-2H3. The molecule has 0 aliphatic carbocycles. The van der Waals surface area contributed by atoms with E-state index in [4.69, 9.17) is 4.98 Å². The Balaban J connectivity index is 1.84. The number of hydrogen-bond donors (Lipinski definition) is 0. The van der Waals surface area contributed by atoms with Crippen molar-refractivity contribution < 1.29 is 0 Å². The van der Waals surface area contributed by atoms with Crippen molar-refractivity contribution in [2.75, 3.05) is 18.0 Å². The Morgan fingerprint density at radius 2 is 2.00 bits per heavy atom. The Hall–Kier alpha value is -1.95. The van der Waals surface area contributed by atoms with E-state index < -0.39 is 0 Å². The minimum atomic E-state index is 0.0931. The lowest BCUT2D eigenvalue weighted by molar-refractivity contribution is 0.424. The second-order valence-electron chi connectivity index (χ2n) is 7.50. The Labute approximate surface area is 164 Å². The van der Waals surface area contributed by atoms with Crippen LogP contribution < -0.4 is 10.5 Å². The fraction of sp³-hybridized carbons (Fsp3) is 0.571. The molecule has 5 nitrogen and oxygen atoms in total. The van der Waals surface area contributed by atoms with Gasteiger partial charge in [-0.2, -0.15) is 0 Å². The molecule has 4 rings (SSSR count). The van der Waals surface area contributed by atoms with Crippen molar-refractivity contribution in [3.63, 3.8) is 0 Å². The second kappa shape index (κ2) is 7.97. The van der Waals surface area contributed by atoms with Gasteiger partial charge in [-0.05, 0) is 38.2 Å². The number of anilines is 1. The zero-order chi connectivity index (χ0) is 18.8. The van der Waals surface area contributed by atoms with Gasteiger partial charge in [-0.15, -0.1) is 11.3 Å². The van der Waals surface area contributed by atoms with E-state index >= 15 is 0 Å². The van der Waals surface area contributed by atoms with E-state index in [1.54, 1.807) is 6.33 Å². The lowest BCUT2D eigenvalue weighted by Gasteiger charge is -2.29. The van der Waals surface area contributed by atoms with Crippen LogP contribution in [0.25, 0.3) is 20.4 Å². The van der Waals surface area contributed by atoms with E-state index in [0.29, 0.717) is 0 Å². The van der Waals surface area contributed by atoms with Crippen molar-refractivity contribution >= 4 is 37.5 Å². The molecule has 27 heavy (non-hydrogen) atoms. The Morgan fingerprint density at radius 3 is 2.74 bits per heavy atom. The average molecular weight is 385 g/mol. The number of unbranched alkanes of at least 4 members (excludes halogenated alkanes) is 1. The maximum absolute atomic E-state index is 13.2. The predicted octanol–water partition coefficient (Wildman–Crippen LogP) is 5.14. The van der Waals surface area contributed by atoms with Crippen molar-refractivity contribution in [3.05, 3.63) is 28.9 Å². The van der Waals surface area contributed by atoms with Gasteiger partial charge in [0.15, 0.2) is 0 Å². The van der Waals surface area contributed by atoms with Crippen molar-refractivity contribution in [3.8, 4) is 0 Å². The highest BCUT2D eigenvalue weighted by atomic mass is 32.1. The Morgan fingerprint density at radius 1 is 1.19 bits per heavy atom. The molecule has 0 radical (unpaired) electrons. The highest BCUT2D eigenvalue weighted by molar-refractivity contribution is 7.25. The van der Waals surface area contributed by atoms with E-state index in [0.717, 1.165) is 59.2 Å². The molecule has 1 unspecified atom stereocenters. The molecule has 1 aliphatic heterocycles. The number of pyridine rings is 1. The first kappa shape index (κ1) is 18.4. The van der Waals surface area contributed by atoms with Crippen LogP contribution in [0.2, 0.25) is 0 Å². The van der Waals surface area contributed by atoms with Crippen LogP contribution in [0.15, 0.2) is 23.4 Å². The molecule has 4 heterocycles. The van der Waals surface area contributed by atoms with Gasteiger partial charge in [0.2, 0.25) is 0 Å². The third-order valence-corrected chi connectivity index (χ3v) is 6.81. The van der Waals surface area contributed by atoms with Crippen LogP contribution in [-0.2, 0) is 0 Å². The SMILES string of the molecule is CCCCC(CC)n1cnc2c(sc3nccc(N4CCCCC4)c32)c1=O. The molecular formula is C21H28N4OS. The number of thiophene rings is 1. The minimum absolute atomic E-state index is 0.0931. The molecule has 0 saturated carbocycles. The molecular weight excluding hydrogens is 356 g/mol. The summed E-state index contributed by atoms with van der Waals surface area (Å²) in [6.07, 6.45) is 11.7. The third kappa shape index (κ3) is 3.35. The summed E-state index contributed by atoms with van der Waals surface area (Å²) < 4.78 is 2.60. The topological polar surface area (TPSA) is 51.0 Å². The lowest BCUT2D eigenvalue weighted by atomic mass is 10.1. The van der Waals surface area contributed by atoms with Gasteiger partial charge in [0.1, 0.15) is 9.53 Å². The molecule has 1 atom stereocenters. The summed E-state index contributed by atoms with van der Waals surface area (Å²) in [5.74, 6) is 0. The van der Waals surface area contributed by atoms with Crippen molar-refractivity contribution in [2.45, 2.75) is 64.8 Å². The molecule has 1 fully saturated rings. The van der Waals surface area contributed by atoms with Crippen LogP contribution in [0.4, 0.5) is 5.69 Å². The average Bonchev–Trinajstić information content (AvgIpc) is 3.10. The summed E-state index contributed by atoms with van der Waals surface area (Å²) in [6.45, 7) is 6.49.